The van der Waals surface area contributed by atoms with Gasteiger partial charge in [-0.05, 0) is 12.1 Å². The third-order valence-corrected chi connectivity index (χ3v) is 3.42. The van der Waals surface area contributed by atoms with Crippen LogP contribution in [0.4, 0.5) is 0 Å². The summed E-state index contributed by atoms with van der Waals surface area (Å²) in [6.45, 7) is 2.02. The first-order chi connectivity index (χ1) is 5.14. The average molecular weight is 191 g/mol. The first kappa shape index (κ1) is 7.51. The SMILES string of the molecule is CC1C(c2ccco2)C1(Cl)Cl. The van der Waals surface area contributed by atoms with Gasteiger partial charge in [-0.1, -0.05) is 6.92 Å². The van der Waals surface area contributed by atoms with Crippen LogP contribution in [0.2, 0.25) is 0 Å². The summed E-state index contributed by atoms with van der Waals surface area (Å²) in [6.07, 6.45) is 1.64. The summed E-state index contributed by atoms with van der Waals surface area (Å²) in [5.74, 6) is 1.38. The Labute approximate surface area is 75.3 Å². The van der Waals surface area contributed by atoms with E-state index >= 15 is 0 Å². The minimum atomic E-state index is -0.599. The molecule has 60 valence electrons. The summed E-state index contributed by atoms with van der Waals surface area (Å²) in [6, 6.07) is 3.76. The molecule has 0 spiro atoms. The molecule has 2 atom stereocenters. The summed E-state index contributed by atoms with van der Waals surface area (Å²) in [5.41, 5.74) is 0. The number of rotatable bonds is 1. The second-order valence-electron chi connectivity index (χ2n) is 2.96. The predicted molar refractivity (Wildman–Crippen MR) is 45.1 cm³/mol. The van der Waals surface area contributed by atoms with E-state index in [2.05, 4.69) is 0 Å². The van der Waals surface area contributed by atoms with Crippen LogP contribution in [0.5, 0.6) is 0 Å². The van der Waals surface area contributed by atoms with Gasteiger partial charge in [0.05, 0.1) is 12.2 Å². The Bertz CT molecular complexity index is 253. The molecule has 0 N–H and O–H groups in total. The van der Waals surface area contributed by atoms with Crippen LogP contribution < -0.4 is 0 Å². The van der Waals surface area contributed by atoms with Crippen LogP contribution in [0.25, 0.3) is 0 Å². The van der Waals surface area contributed by atoms with Gasteiger partial charge in [0.15, 0.2) is 0 Å². The summed E-state index contributed by atoms with van der Waals surface area (Å²) >= 11 is 11.9. The van der Waals surface area contributed by atoms with Crippen molar-refractivity contribution in [2.24, 2.45) is 5.92 Å². The molecule has 1 saturated carbocycles. The van der Waals surface area contributed by atoms with Crippen molar-refractivity contribution in [3.8, 4) is 0 Å². The Balaban J connectivity index is 2.23. The van der Waals surface area contributed by atoms with E-state index in [0.717, 1.165) is 5.76 Å². The van der Waals surface area contributed by atoms with Crippen molar-refractivity contribution in [2.45, 2.75) is 17.2 Å². The molecule has 0 aromatic carbocycles. The molecule has 2 unspecified atom stereocenters. The van der Waals surface area contributed by atoms with Crippen LogP contribution in [-0.2, 0) is 0 Å². The molecule has 1 nitrogen and oxygen atoms in total. The van der Waals surface area contributed by atoms with Crippen LogP contribution in [0.1, 0.15) is 18.6 Å². The van der Waals surface area contributed by atoms with Gasteiger partial charge in [-0.25, -0.2) is 0 Å². The predicted octanol–water partition coefficient (Wildman–Crippen LogP) is 3.19. The van der Waals surface area contributed by atoms with E-state index in [1.807, 2.05) is 19.1 Å². The fraction of sp³-hybridized carbons (Fsp3) is 0.500. The van der Waals surface area contributed by atoms with Crippen LogP contribution >= 0.6 is 23.2 Å². The van der Waals surface area contributed by atoms with E-state index in [1.165, 1.54) is 0 Å². The molecule has 2 rings (SSSR count). The molecule has 0 saturated heterocycles. The van der Waals surface area contributed by atoms with Gasteiger partial charge in [0.1, 0.15) is 10.1 Å². The molecule has 1 fully saturated rings. The lowest BCUT2D eigenvalue weighted by atomic mass is 10.3. The molecule has 3 heteroatoms. The number of hydrogen-bond donors (Lipinski definition) is 0. The Hall–Kier alpha value is -0.140. The molecule has 0 radical (unpaired) electrons. The normalized spacial score (nSPS) is 33.7. The van der Waals surface area contributed by atoms with Crippen molar-refractivity contribution in [2.75, 3.05) is 0 Å². The standard InChI is InChI=1S/C8H8Cl2O/c1-5-7(8(5,9)10)6-3-2-4-11-6/h2-5,7H,1H3. The second kappa shape index (κ2) is 2.18. The van der Waals surface area contributed by atoms with Crippen LogP contribution in [0.15, 0.2) is 22.8 Å². The quantitative estimate of drug-likeness (QED) is 0.621. The molecular weight excluding hydrogens is 183 g/mol. The first-order valence-corrected chi connectivity index (χ1v) is 4.31. The zero-order valence-corrected chi connectivity index (χ0v) is 7.56. The third kappa shape index (κ3) is 0.986. The molecule has 1 aliphatic rings. The molecule has 0 bridgehead atoms. The lowest BCUT2D eigenvalue weighted by Gasteiger charge is -1.92. The van der Waals surface area contributed by atoms with Gasteiger partial charge in [-0.3, -0.25) is 0 Å². The largest absolute Gasteiger partial charge is 0.469 e. The fourth-order valence-corrected chi connectivity index (χ4v) is 2.10. The van der Waals surface area contributed by atoms with Crippen molar-refractivity contribution >= 4 is 23.2 Å². The smallest absolute Gasteiger partial charge is 0.131 e. The van der Waals surface area contributed by atoms with Crippen molar-refractivity contribution in [1.82, 2.24) is 0 Å². The van der Waals surface area contributed by atoms with Crippen molar-refractivity contribution in [3.05, 3.63) is 24.2 Å². The number of furan rings is 1. The maximum atomic E-state index is 5.95. The highest BCUT2D eigenvalue weighted by molar-refractivity contribution is 6.51. The van der Waals surface area contributed by atoms with Gasteiger partial charge >= 0.3 is 0 Å². The topological polar surface area (TPSA) is 13.1 Å². The van der Waals surface area contributed by atoms with E-state index in [1.54, 1.807) is 6.26 Å². The van der Waals surface area contributed by atoms with E-state index < -0.39 is 4.33 Å². The maximum absolute atomic E-state index is 5.95. The highest BCUT2D eigenvalue weighted by atomic mass is 35.5. The first-order valence-electron chi connectivity index (χ1n) is 3.55. The van der Waals surface area contributed by atoms with Gasteiger partial charge in [-0.15, -0.1) is 23.2 Å². The molecule has 11 heavy (non-hydrogen) atoms. The summed E-state index contributed by atoms with van der Waals surface area (Å²) in [4.78, 5) is 0. The van der Waals surface area contributed by atoms with E-state index in [-0.39, 0.29) is 5.92 Å². The maximum Gasteiger partial charge on any atom is 0.131 e. The Kier molecular flexibility index (Phi) is 1.48. The Morgan fingerprint density at radius 2 is 2.18 bits per heavy atom. The Morgan fingerprint density at radius 3 is 2.55 bits per heavy atom. The van der Waals surface area contributed by atoms with E-state index in [0.29, 0.717) is 5.92 Å². The lowest BCUT2D eigenvalue weighted by Crippen LogP contribution is -1.87. The molecule has 1 aromatic heterocycles. The fourth-order valence-electron chi connectivity index (χ4n) is 1.38. The van der Waals surface area contributed by atoms with Crippen LogP contribution in [0.3, 0.4) is 0 Å². The van der Waals surface area contributed by atoms with Crippen LogP contribution in [0, 0.1) is 5.92 Å². The summed E-state index contributed by atoms with van der Waals surface area (Å²) in [7, 11) is 0. The Morgan fingerprint density at radius 1 is 1.55 bits per heavy atom. The zero-order chi connectivity index (χ0) is 8.06. The lowest BCUT2D eigenvalue weighted by molar-refractivity contribution is 0.505. The van der Waals surface area contributed by atoms with Gasteiger partial charge in [0.2, 0.25) is 0 Å². The van der Waals surface area contributed by atoms with E-state index in [4.69, 9.17) is 27.6 Å². The van der Waals surface area contributed by atoms with Crippen molar-refractivity contribution in [3.63, 3.8) is 0 Å². The minimum absolute atomic E-state index is 0.181. The van der Waals surface area contributed by atoms with Gasteiger partial charge in [-0.2, -0.15) is 0 Å². The second-order valence-corrected chi connectivity index (χ2v) is 4.40. The van der Waals surface area contributed by atoms with Crippen molar-refractivity contribution in [1.29, 1.82) is 0 Å². The van der Waals surface area contributed by atoms with Crippen molar-refractivity contribution < 1.29 is 4.42 Å². The molecular formula is C8H8Cl2O. The molecule has 1 heterocycles. The van der Waals surface area contributed by atoms with Gasteiger partial charge < -0.3 is 4.42 Å². The van der Waals surface area contributed by atoms with E-state index in [9.17, 15) is 0 Å². The number of hydrogen-bond acceptors (Lipinski definition) is 1. The molecule has 0 aliphatic heterocycles. The number of alkyl halides is 2. The molecule has 1 aliphatic carbocycles. The average Bonchev–Trinajstić information content (AvgIpc) is 2.40. The summed E-state index contributed by atoms with van der Waals surface area (Å²) in [5, 5.41) is 0. The zero-order valence-electron chi connectivity index (χ0n) is 6.05. The summed E-state index contributed by atoms with van der Waals surface area (Å²) < 4.78 is 4.60. The minimum Gasteiger partial charge on any atom is -0.469 e. The monoisotopic (exact) mass is 190 g/mol. The van der Waals surface area contributed by atoms with Gasteiger partial charge in [0.25, 0.3) is 0 Å². The third-order valence-electron chi connectivity index (χ3n) is 2.26. The molecule has 0 amide bonds. The van der Waals surface area contributed by atoms with Crippen LogP contribution in [-0.4, -0.2) is 4.33 Å². The molecule has 1 aromatic rings. The highest BCUT2D eigenvalue weighted by Gasteiger charge is 2.62. The van der Waals surface area contributed by atoms with Gasteiger partial charge in [0, 0.05) is 5.92 Å². The number of halogens is 2. The highest BCUT2D eigenvalue weighted by Crippen LogP contribution is 2.64.